The summed E-state index contributed by atoms with van der Waals surface area (Å²) in [4.78, 5) is 22.3. The molecular formula is C14H11NO3. The molecule has 1 amide bonds. The number of nitrogens with two attached hydrogens (primary N) is 1. The van der Waals surface area contributed by atoms with Crippen molar-refractivity contribution in [1.29, 1.82) is 0 Å². The quantitative estimate of drug-likeness (QED) is 0.892. The van der Waals surface area contributed by atoms with Gasteiger partial charge in [-0.1, -0.05) is 36.4 Å². The van der Waals surface area contributed by atoms with Crippen LogP contribution >= 0.6 is 0 Å². The molecule has 1 heterocycles. The molecular weight excluding hydrogens is 230 g/mol. The van der Waals surface area contributed by atoms with Crippen LogP contribution < -0.4 is 11.2 Å². The summed E-state index contributed by atoms with van der Waals surface area (Å²) in [5, 5.41) is 0. The van der Waals surface area contributed by atoms with Crippen LogP contribution in [0.15, 0.2) is 51.7 Å². The topological polar surface area (TPSA) is 73.3 Å². The van der Waals surface area contributed by atoms with Crippen molar-refractivity contribution in [2.75, 3.05) is 0 Å². The number of hydrogen-bond acceptors (Lipinski definition) is 3. The summed E-state index contributed by atoms with van der Waals surface area (Å²) in [6, 6.07) is 11.9. The van der Waals surface area contributed by atoms with Crippen LogP contribution in [-0.2, 0) is 0 Å². The van der Waals surface area contributed by atoms with Gasteiger partial charge in [-0.3, -0.25) is 9.59 Å². The molecule has 0 radical (unpaired) electrons. The lowest BCUT2D eigenvalue weighted by molar-refractivity contribution is 0.0971. The van der Waals surface area contributed by atoms with E-state index in [1.165, 1.54) is 6.07 Å². The van der Waals surface area contributed by atoms with E-state index in [2.05, 4.69) is 0 Å². The van der Waals surface area contributed by atoms with Gasteiger partial charge in [0.2, 0.25) is 0 Å². The molecule has 4 nitrogen and oxygen atoms in total. The molecule has 2 aromatic rings. The lowest BCUT2D eigenvalue weighted by Gasteiger charge is -1.97. The fourth-order valence-corrected chi connectivity index (χ4v) is 1.44. The predicted molar refractivity (Wildman–Crippen MR) is 68.9 cm³/mol. The second-order valence-electron chi connectivity index (χ2n) is 3.67. The number of benzene rings is 1. The van der Waals surface area contributed by atoms with Crippen LogP contribution in [0.2, 0.25) is 0 Å². The second kappa shape index (κ2) is 5.14. The summed E-state index contributed by atoms with van der Waals surface area (Å²) in [6.45, 7) is 0. The summed E-state index contributed by atoms with van der Waals surface area (Å²) < 4.78 is 5.18. The zero-order valence-corrected chi connectivity index (χ0v) is 9.50. The Bertz CT molecular complexity index is 642. The maximum absolute atomic E-state index is 11.3. The predicted octanol–water partition coefficient (Wildman–Crippen LogP) is 1.91. The largest absolute Gasteiger partial charge is 0.451 e. The second-order valence-corrected chi connectivity index (χ2v) is 3.67. The van der Waals surface area contributed by atoms with Crippen LogP contribution in [-0.4, -0.2) is 5.91 Å². The monoisotopic (exact) mass is 241 g/mol. The lowest BCUT2D eigenvalue weighted by Crippen LogP contribution is -2.14. The zero-order valence-electron chi connectivity index (χ0n) is 9.50. The van der Waals surface area contributed by atoms with E-state index in [0.717, 1.165) is 11.6 Å². The summed E-state index contributed by atoms with van der Waals surface area (Å²) in [7, 11) is 0. The Morgan fingerprint density at radius 1 is 1.11 bits per heavy atom. The van der Waals surface area contributed by atoms with Crippen molar-refractivity contribution < 1.29 is 9.21 Å². The van der Waals surface area contributed by atoms with E-state index >= 15 is 0 Å². The van der Waals surface area contributed by atoms with Crippen molar-refractivity contribution in [2.24, 2.45) is 5.73 Å². The van der Waals surface area contributed by atoms with Gasteiger partial charge in [-0.25, -0.2) is 0 Å². The average Bonchev–Trinajstić information content (AvgIpc) is 2.37. The molecule has 0 bridgehead atoms. The molecule has 0 unspecified atom stereocenters. The Morgan fingerprint density at radius 2 is 1.83 bits per heavy atom. The van der Waals surface area contributed by atoms with Gasteiger partial charge in [0.05, 0.1) is 0 Å². The SMILES string of the molecule is NC(=O)c1cc(=O)cc(/C=C/c2ccccc2)o1. The Labute approximate surface area is 103 Å². The van der Waals surface area contributed by atoms with Gasteiger partial charge in [0.1, 0.15) is 5.76 Å². The highest BCUT2D eigenvalue weighted by molar-refractivity contribution is 5.89. The van der Waals surface area contributed by atoms with Crippen LogP contribution in [0, 0.1) is 0 Å². The molecule has 4 heteroatoms. The van der Waals surface area contributed by atoms with Crippen molar-refractivity contribution in [3.63, 3.8) is 0 Å². The van der Waals surface area contributed by atoms with E-state index in [1.807, 2.05) is 30.3 Å². The van der Waals surface area contributed by atoms with Gasteiger partial charge in [-0.05, 0) is 11.6 Å². The van der Waals surface area contributed by atoms with Crippen molar-refractivity contribution in [3.8, 4) is 0 Å². The highest BCUT2D eigenvalue weighted by atomic mass is 16.3. The minimum atomic E-state index is -0.762. The number of primary amides is 1. The van der Waals surface area contributed by atoms with Gasteiger partial charge in [0.15, 0.2) is 11.2 Å². The standard InChI is InChI=1S/C14H11NO3/c15-14(17)13-9-11(16)8-12(18-13)7-6-10-4-2-1-3-5-10/h1-9H,(H2,15,17)/b7-6+. The number of hydrogen-bond donors (Lipinski definition) is 1. The third-order valence-corrected chi connectivity index (χ3v) is 2.27. The molecule has 2 N–H and O–H groups in total. The molecule has 0 fully saturated rings. The normalized spacial score (nSPS) is 10.7. The van der Waals surface area contributed by atoms with E-state index in [9.17, 15) is 9.59 Å². The maximum Gasteiger partial charge on any atom is 0.284 e. The third kappa shape index (κ3) is 2.95. The van der Waals surface area contributed by atoms with Gasteiger partial charge >= 0.3 is 0 Å². The highest BCUT2D eigenvalue weighted by Gasteiger charge is 2.05. The molecule has 2 rings (SSSR count). The van der Waals surface area contributed by atoms with E-state index < -0.39 is 5.91 Å². The Hall–Kier alpha value is -2.62. The molecule has 1 aromatic carbocycles. The van der Waals surface area contributed by atoms with Crippen molar-refractivity contribution >= 4 is 18.1 Å². The van der Waals surface area contributed by atoms with E-state index in [1.54, 1.807) is 12.2 Å². The Morgan fingerprint density at radius 3 is 2.50 bits per heavy atom. The number of carbonyl (C=O) groups excluding carboxylic acids is 1. The summed E-state index contributed by atoms with van der Waals surface area (Å²) >= 11 is 0. The van der Waals surface area contributed by atoms with Gasteiger partial charge < -0.3 is 10.2 Å². The van der Waals surface area contributed by atoms with Crippen LogP contribution in [0.4, 0.5) is 0 Å². The molecule has 18 heavy (non-hydrogen) atoms. The lowest BCUT2D eigenvalue weighted by atomic mass is 10.2. The van der Waals surface area contributed by atoms with Crippen molar-refractivity contribution in [2.45, 2.75) is 0 Å². The Kier molecular flexibility index (Phi) is 3.38. The highest BCUT2D eigenvalue weighted by Crippen LogP contribution is 2.08. The first-order chi connectivity index (χ1) is 8.65. The third-order valence-electron chi connectivity index (χ3n) is 2.27. The zero-order chi connectivity index (χ0) is 13.0. The fourth-order valence-electron chi connectivity index (χ4n) is 1.44. The molecule has 0 aliphatic heterocycles. The maximum atomic E-state index is 11.3. The van der Waals surface area contributed by atoms with Crippen molar-refractivity contribution in [3.05, 3.63) is 69.8 Å². The number of amides is 1. The molecule has 0 saturated carbocycles. The first kappa shape index (κ1) is 11.9. The number of carbonyl (C=O) groups is 1. The van der Waals surface area contributed by atoms with Gasteiger partial charge in [-0.2, -0.15) is 0 Å². The van der Waals surface area contributed by atoms with Gasteiger partial charge in [-0.15, -0.1) is 0 Å². The average molecular weight is 241 g/mol. The molecule has 0 aliphatic carbocycles. The molecule has 0 spiro atoms. The van der Waals surface area contributed by atoms with Gasteiger partial charge in [0, 0.05) is 12.1 Å². The van der Waals surface area contributed by atoms with E-state index in [4.69, 9.17) is 10.2 Å². The van der Waals surface area contributed by atoms with Crippen LogP contribution in [0.3, 0.4) is 0 Å². The fraction of sp³-hybridized carbons (Fsp3) is 0. The van der Waals surface area contributed by atoms with Crippen LogP contribution in [0.25, 0.3) is 12.2 Å². The van der Waals surface area contributed by atoms with Crippen LogP contribution in [0.1, 0.15) is 21.9 Å². The minimum absolute atomic E-state index is 0.143. The molecule has 90 valence electrons. The first-order valence-electron chi connectivity index (χ1n) is 5.33. The number of rotatable bonds is 3. The summed E-state index contributed by atoms with van der Waals surface area (Å²) in [5.74, 6) is -0.613. The van der Waals surface area contributed by atoms with E-state index in [0.29, 0.717) is 5.76 Å². The summed E-state index contributed by atoms with van der Waals surface area (Å²) in [5.41, 5.74) is 5.71. The minimum Gasteiger partial charge on any atom is -0.451 e. The van der Waals surface area contributed by atoms with Gasteiger partial charge in [0.25, 0.3) is 5.91 Å². The van der Waals surface area contributed by atoms with Crippen molar-refractivity contribution in [1.82, 2.24) is 0 Å². The van der Waals surface area contributed by atoms with Crippen LogP contribution in [0.5, 0.6) is 0 Å². The summed E-state index contributed by atoms with van der Waals surface area (Å²) in [6.07, 6.45) is 3.40. The smallest absolute Gasteiger partial charge is 0.284 e. The molecule has 1 aromatic heterocycles. The molecule has 0 atom stereocenters. The first-order valence-corrected chi connectivity index (χ1v) is 5.33. The van der Waals surface area contributed by atoms with E-state index in [-0.39, 0.29) is 11.2 Å². The Balaban J connectivity index is 2.32. The molecule has 0 saturated heterocycles. The molecule has 0 aliphatic rings.